The highest BCUT2D eigenvalue weighted by Gasteiger charge is 2.25. The first-order valence-electron chi connectivity index (χ1n) is 7.85. The SMILES string of the molecule is CCC(N)Cc1c(F)cccc1N1CCSC(C)(C)CC1. The second-order valence-corrected chi connectivity index (χ2v) is 8.26. The average molecular weight is 310 g/mol. The number of halogens is 1. The number of hydrogen-bond donors (Lipinski definition) is 1. The van der Waals surface area contributed by atoms with Crippen molar-refractivity contribution in [1.82, 2.24) is 0 Å². The molecule has 118 valence electrons. The number of hydrogen-bond acceptors (Lipinski definition) is 3. The third-order valence-corrected chi connectivity index (χ3v) is 5.64. The van der Waals surface area contributed by atoms with E-state index in [2.05, 4.69) is 25.7 Å². The summed E-state index contributed by atoms with van der Waals surface area (Å²) >= 11 is 2.01. The van der Waals surface area contributed by atoms with E-state index in [0.29, 0.717) is 11.2 Å². The summed E-state index contributed by atoms with van der Waals surface area (Å²) in [6.07, 6.45) is 2.61. The molecule has 1 aromatic rings. The van der Waals surface area contributed by atoms with E-state index in [0.717, 1.165) is 42.9 Å². The second kappa shape index (κ2) is 7.01. The molecule has 1 heterocycles. The van der Waals surface area contributed by atoms with Crippen LogP contribution in [0.15, 0.2) is 18.2 Å². The quantitative estimate of drug-likeness (QED) is 0.916. The van der Waals surface area contributed by atoms with E-state index in [-0.39, 0.29) is 11.9 Å². The maximum atomic E-state index is 14.3. The maximum Gasteiger partial charge on any atom is 0.128 e. The van der Waals surface area contributed by atoms with Crippen LogP contribution in [0.5, 0.6) is 0 Å². The highest BCUT2D eigenvalue weighted by atomic mass is 32.2. The summed E-state index contributed by atoms with van der Waals surface area (Å²) in [7, 11) is 0. The van der Waals surface area contributed by atoms with E-state index in [4.69, 9.17) is 5.73 Å². The third kappa shape index (κ3) is 4.36. The molecule has 1 atom stereocenters. The van der Waals surface area contributed by atoms with Gasteiger partial charge in [0.2, 0.25) is 0 Å². The zero-order valence-electron chi connectivity index (χ0n) is 13.4. The van der Waals surface area contributed by atoms with E-state index in [1.807, 2.05) is 23.9 Å². The molecule has 1 saturated heterocycles. The second-order valence-electron chi connectivity index (χ2n) is 6.46. The van der Waals surface area contributed by atoms with Gasteiger partial charge in [-0.05, 0) is 31.4 Å². The van der Waals surface area contributed by atoms with Gasteiger partial charge in [-0.15, -0.1) is 0 Å². The van der Waals surface area contributed by atoms with Crippen LogP contribution in [0.3, 0.4) is 0 Å². The van der Waals surface area contributed by atoms with Crippen molar-refractivity contribution < 1.29 is 4.39 Å². The molecule has 0 amide bonds. The van der Waals surface area contributed by atoms with Crippen molar-refractivity contribution in [1.29, 1.82) is 0 Å². The Labute approximate surface area is 132 Å². The molecule has 2 N–H and O–H groups in total. The van der Waals surface area contributed by atoms with Gasteiger partial charge in [0.15, 0.2) is 0 Å². The molecule has 1 fully saturated rings. The van der Waals surface area contributed by atoms with Gasteiger partial charge < -0.3 is 10.6 Å². The monoisotopic (exact) mass is 310 g/mol. The first-order chi connectivity index (χ1) is 9.93. The van der Waals surface area contributed by atoms with Crippen LogP contribution in [0, 0.1) is 5.82 Å². The molecule has 1 unspecified atom stereocenters. The lowest BCUT2D eigenvalue weighted by Crippen LogP contribution is -2.30. The van der Waals surface area contributed by atoms with Crippen molar-refractivity contribution in [3.05, 3.63) is 29.6 Å². The average Bonchev–Trinajstić information content (AvgIpc) is 2.62. The fourth-order valence-corrected chi connectivity index (χ4v) is 3.81. The molecule has 1 aromatic carbocycles. The summed E-state index contributed by atoms with van der Waals surface area (Å²) in [6, 6.07) is 5.44. The van der Waals surface area contributed by atoms with E-state index < -0.39 is 0 Å². The third-order valence-electron chi connectivity index (χ3n) is 4.26. The van der Waals surface area contributed by atoms with E-state index >= 15 is 0 Å². The van der Waals surface area contributed by atoms with Gasteiger partial charge in [0, 0.05) is 40.9 Å². The van der Waals surface area contributed by atoms with Gasteiger partial charge in [-0.1, -0.05) is 26.8 Å². The minimum atomic E-state index is -0.118. The fourth-order valence-electron chi connectivity index (χ4n) is 2.71. The van der Waals surface area contributed by atoms with E-state index in [9.17, 15) is 4.39 Å². The Hall–Kier alpha value is -0.740. The molecular formula is C17H27FN2S. The van der Waals surface area contributed by atoms with Gasteiger partial charge in [0.1, 0.15) is 5.82 Å². The zero-order valence-corrected chi connectivity index (χ0v) is 14.2. The minimum Gasteiger partial charge on any atom is -0.370 e. The smallest absolute Gasteiger partial charge is 0.128 e. The standard InChI is InChI=1S/C17H27FN2S/c1-4-13(19)12-14-15(18)6-5-7-16(14)20-9-8-17(2,3)21-11-10-20/h5-7,13H,4,8-12,19H2,1-3H3. The van der Waals surface area contributed by atoms with Gasteiger partial charge in [0.05, 0.1) is 0 Å². The summed E-state index contributed by atoms with van der Waals surface area (Å²) in [5.41, 5.74) is 7.88. The molecule has 0 aliphatic carbocycles. The summed E-state index contributed by atoms with van der Waals surface area (Å²) < 4.78 is 14.6. The Bertz CT molecular complexity index is 476. The van der Waals surface area contributed by atoms with Crippen LogP contribution < -0.4 is 10.6 Å². The van der Waals surface area contributed by atoms with Gasteiger partial charge in [-0.3, -0.25) is 0 Å². The predicted octanol–water partition coefficient (Wildman–Crippen LogP) is 3.83. The molecule has 0 aromatic heterocycles. The number of nitrogens with zero attached hydrogens (tertiary/aromatic N) is 1. The van der Waals surface area contributed by atoms with Gasteiger partial charge >= 0.3 is 0 Å². The Kier molecular flexibility index (Phi) is 5.55. The topological polar surface area (TPSA) is 29.3 Å². The van der Waals surface area contributed by atoms with Crippen LogP contribution in [0.2, 0.25) is 0 Å². The van der Waals surface area contributed by atoms with Crippen LogP contribution in [0.4, 0.5) is 10.1 Å². The van der Waals surface area contributed by atoms with Gasteiger partial charge in [-0.25, -0.2) is 4.39 Å². The maximum absolute atomic E-state index is 14.3. The van der Waals surface area contributed by atoms with Crippen LogP contribution >= 0.6 is 11.8 Å². The number of nitrogens with two attached hydrogens (primary N) is 1. The van der Waals surface area contributed by atoms with Crippen molar-refractivity contribution in [2.75, 3.05) is 23.7 Å². The molecule has 2 rings (SSSR count). The molecule has 0 spiro atoms. The van der Waals surface area contributed by atoms with Crippen molar-refractivity contribution >= 4 is 17.4 Å². The largest absolute Gasteiger partial charge is 0.370 e. The first-order valence-corrected chi connectivity index (χ1v) is 8.83. The molecular weight excluding hydrogens is 283 g/mol. The summed E-state index contributed by atoms with van der Waals surface area (Å²) in [6.45, 7) is 8.60. The highest BCUT2D eigenvalue weighted by molar-refractivity contribution is 8.00. The summed E-state index contributed by atoms with van der Waals surface area (Å²) in [4.78, 5) is 2.34. The molecule has 4 heteroatoms. The van der Waals surface area contributed by atoms with Crippen LogP contribution in [0.1, 0.15) is 39.2 Å². The summed E-state index contributed by atoms with van der Waals surface area (Å²) in [5, 5.41) is 0. The van der Waals surface area contributed by atoms with Crippen molar-refractivity contribution in [2.24, 2.45) is 5.73 Å². The molecule has 1 aliphatic heterocycles. The molecule has 0 radical (unpaired) electrons. The summed E-state index contributed by atoms with van der Waals surface area (Å²) in [5.74, 6) is 0.968. The van der Waals surface area contributed by atoms with Crippen molar-refractivity contribution in [3.8, 4) is 0 Å². The highest BCUT2D eigenvalue weighted by Crippen LogP contribution is 2.34. The Balaban J connectivity index is 2.24. The lowest BCUT2D eigenvalue weighted by Gasteiger charge is -2.27. The fraction of sp³-hybridized carbons (Fsp3) is 0.647. The Morgan fingerprint density at radius 1 is 1.38 bits per heavy atom. The van der Waals surface area contributed by atoms with Crippen LogP contribution in [-0.4, -0.2) is 29.6 Å². The van der Waals surface area contributed by atoms with Gasteiger partial charge in [0.25, 0.3) is 0 Å². The van der Waals surface area contributed by atoms with Crippen molar-refractivity contribution in [2.45, 2.75) is 50.8 Å². The lowest BCUT2D eigenvalue weighted by atomic mass is 10.0. The molecule has 0 bridgehead atoms. The van der Waals surface area contributed by atoms with Crippen molar-refractivity contribution in [3.63, 3.8) is 0 Å². The number of benzene rings is 1. The lowest BCUT2D eigenvalue weighted by molar-refractivity contribution is 0.575. The number of anilines is 1. The number of thioether (sulfide) groups is 1. The Morgan fingerprint density at radius 2 is 2.14 bits per heavy atom. The predicted molar refractivity (Wildman–Crippen MR) is 91.7 cm³/mol. The molecule has 1 aliphatic rings. The van der Waals surface area contributed by atoms with Crippen LogP contribution in [0.25, 0.3) is 0 Å². The van der Waals surface area contributed by atoms with E-state index in [1.165, 1.54) is 0 Å². The number of rotatable bonds is 4. The normalized spacial score (nSPS) is 20.1. The molecule has 0 saturated carbocycles. The molecule has 2 nitrogen and oxygen atoms in total. The molecule has 21 heavy (non-hydrogen) atoms. The minimum absolute atomic E-state index is 0.0263. The zero-order chi connectivity index (χ0) is 15.5. The Morgan fingerprint density at radius 3 is 2.86 bits per heavy atom. The van der Waals surface area contributed by atoms with E-state index in [1.54, 1.807) is 6.07 Å². The first kappa shape index (κ1) is 16.6. The van der Waals surface area contributed by atoms with Gasteiger partial charge in [-0.2, -0.15) is 11.8 Å². The van der Waals surface area contributed by atoms with Crippen LogP contribution in [-0.2, 0) is 6.42 Å².